The highest BCUT2D eigenvalue weighted by Crippen LogP contribution is 2.22. The summed E-state index contributed by atoms with van der Waals surface area (Å²) in [6, 6.07) is 0. The standard InChI is InChI=1S/C38H70O10/c1-3-5-7-9-11-13-14-15-16-17-18-19-21-23-25-27-34(41)47-31(29-45-33(40)26-24-22-20-12-10-8-6-4-2)30-46-38-37(44)36(43)35(42)32(28-39)48-38/h18-19,31-32,35-39,42-44H,3-17,20-30H2,1-2H3/b19-18+/t31-,32-,35+,36?,37?,38-/m1/s1. The Labute approximate surface area is 291 Å². The summed E-state index contributed by atoms with van der Waals surface area (Å²) in [7, 11) is 0. The minimum Gasteiger partial charge on any atom is -0.462 e. The summed E-state index contributed by atoms with van der Waals surface area (Å²) < 4.78 is 22.0. The Morgan fingerprint density at radius 1 is 0.625 bits per heavy atom. The minimum atomic E-state index is -1.59. The fourth-order valence-corrected chi connectivity index (χ4v) is 5.77. The van der Waals surface area contributed by atoms with Gasteiger partial charge in [-0.2, -0.15) is 0 Å². The average molecular weight is 687 g/mol. The van der Waals surface area contributed by atoms with Crippen LogP contribution in [0.1, 0.15) is 162 Å². The molecular weight excluding hydrogens is 616 g/mol. The quantitative estimate of drug-likeness (QED) is 0.0347. The van der Waals surface area contributed by atoms with E-state index in [0.717, 1.165) is 44.9 Å². The van der Waals surface area contributed by atoms with Crippen LogP contribution in [0.4, 0.5) is 0 Å². The number of carbonyl (C=O) groups is 2. The van der Waals surface area contributed by atoms with Crippen LogP contribution in [0.2, 0.25) is 0 Å². The van der Waals surface area contributed by atoms with Crippen molar-refractivity contribution >= 4 is 11.9 Å². The fraction of sp³-hybridized carbons (Fsp3) is 0.895. The van der Waals surface area contributed by atoms with Gasteiger partial charge in [-0.05, 0) is 38.5 Å². The van der Waals surface area contributed by atoms with E-state index in [4.69, 9.17) is 18.9 Å². The number of hydrogen-bond acceptors (Lipinski definition) is 10. The van der Waals surface area contributed by atoms with E-state index in [1.807, 2.05) is 0 Å². The molecule has 1 rings (SSSR count). The molecule has 0 aliphatic carbocycles. The number of aliphatic hydroxyl groups excluding tert-OH is 4. The van der Waals surface area contributed by atoms with Crippen molar-refractivity contribution in [3.8, 4) is 0 Å². The highest BCUT2D eigenvalue weighted by Gasteiger charge is 2.44. The molecule has 0 spiro atoms. The monoisotopic (exact) mass is 686 g/mol. The topological polar surface area (TPSA) is 152 Å². The summed E-state index contributed by atoms with van der Waals surface area (Å²) in [5, 5.41) is 39.8. The van der Waals surface area contributed by atoms with Gasteiger partial charge in [0.15, 0.2) is 12.4 Å². The van der Waals surface area contributed by atoms with Gasteiger partial charge in [0.05, 0.1) is 13.2 Å². The normalized spacial score (nSPS) is 21.8. The van der Waals surface area contributed by atoms with Crippen LogP contribution < -0.4 is 0 Å². The van der Waals surface area contributed by atoms with Crippen molar-refractivity contribution in [3.05, 3.63) is 12.2 Å². The second kappa shape index (κ2) is 30.3. The van der Waals surface area contributed by atoms with E-state index in [-0.39, 0.29) is 32.0 Å². The summed E-state index contributed by atoms with van der Waals surface area (Å²) in [4.78, 5) is 25.0. The lowest BCUT2D eigenvalue weighted by Gasteiger charge is -2.39. The van der Waals surface area contributed by atoms with Crippen molar-refractivity contribution in [2.75, 3.05) is 19.8 Å². The third-order valence-electron chi connectivity index (χ3n) is 8.90. The Morgan fingerprint density at radius 2 is 1.10 bits per heavy atom. The summed E-state index contributed by atoms with van der Waals surface area (Å²) in [5.74, 6) is -0.834. The molecule has 282 valence electrons. The summed E-state index contributed by atoms with van der Waals surface area (Å²) in [5.41, 5.74) is 0. The Hall–Kier alpha value is -1.56. The molecule has 0 bridgehead atoms. The number of esters is 2. The number of allylic oxidation sites excluding steroid dienone is 2. The van der Waals surface area contributed by atoms with Gasteiger partial charge in [0.2, 0.25) is 0 Å². The molecule has 0 saturated carbocycles. The fourth-order valence-electron chi connectivity index (χ4n) is 5.77. The molecule has 10 nitrogen and oxygen atoms in total. The van der Waals surface area contributed by atoms with Gasteiger partial charge in [0, 0.05) is 12.8 Å². The molecule has 0 aromatic heterocycles. The van der Waals surface area contributed by atoms with Crippen LogP contribution in [-0.2, 0) is 28.5 Å². The van der Waals surface area contributed by atoms with Crippen LogP contribution in [0.3, 0.4) is 0 Å². The molecule has 0 amide bonds. The Bertz CT molecular complexity index is 804. The molecule has 1 saturated heterocycles. The van der Waals surface area contributed by atoms with Crippen molar-refractivity contribution in [1.29, 1.82) is 0 Å². The first-order chi connectivity index (χ1) is 23.3. The van der Waals surface area contributed by atoms with E-state index in [2.05, 4.69) is 26.0 Å². The number of rotatable bonds is 31. The molecule has 10 heteroatoms. The van der Waals surface area contributed by atoms with Crippen molar-refractivity contribution in [1.82, 2.24) is 0 Å². The zero-order chi connectivity index (χ0) is 35.2. The minimum absolute atomic E-state index is 0.203. The lowest BCUT2D eigenvalue weighted by atomic mass is 9.99. The molecule has 1 fully saturated rings. The van der Waals surface area contributed by atoms with E-state index in [1.54, 1.807) is 0 Å². The maximum absolute atomic E-state index is 12.7. The van der Waals surface area contributed by atoms with E-state index in [9.17, 15) is 30.0 Å². The van der Waals surface area contributed by atoms with Gasteiger partial charge < -0.3 is 39.4 Å². The summed E-state index contributed by atoms with van der Waals surface area (Å²) >= 11 is 0. The van der Waals surface area contributed by atoms with Gasteiger partial charge in [0.25, 0.3) is 0 Å². The molecule has 0 radical (unpaired) electrons. The lowest BCUT2D eigenvalue weighted by Crippen LogP contribution is -2.59. The van der Waals surface area contributed by atoms with Gasteiger partial charge >= 0.3 is 11.9 Å². The highest BCUT2D eigenvalue weighted by molar-refractivity contribution is 5.70. The Balaban J connectivity index is 2.40. The Morgan fingerprint density at radius 3 is 1.67 bits per heavy atom. The first kappa shape index (κ1) is 44.5. The van der Waals surface area contributed by atoms with Gasteiger partial charge in [-0.1, -0.05) is 122 Å². The highest BCUT2D eigenvalue weighted by atomic mass is 16.7. The average Bonchev–Trinajstić information content (AvgIpc) is 3.08. The molecule has 48 heavy (non-hydrogen) atoms. The predicted molar refractivity (Wildman–Crippen MR) is 187 cm³/mol. The van der Waals surface area contributed by atoms with Crippen LogP contribution in [0.25, 0.3) is 0 Å². The van der Waals surface area contributed by atoms with E-state index in [1.165, 1.54) is 83.5 Å². The van der Waals surface area contributed by atoms with Crippen LogP contribution >= 0.6 is 0 Å². The number of aliphatic hydroxyl groups is 4. The second-order valence-corrected chi connectivity index (χ2v) is 13.4. The largest absolute Gasteiger partial charge is 0.462 e. The molecular formula is C38H70O10. The predicted octanol–water partition coefficient (Wildman–Crippen LogP) is 6.83. The van der Waals surface area contributed by atoms with Crippen molar-refractivity contribution < 1.29 is 49.0 Å². The molecule has 6 atom stereocenters. The van der Waals surface area contributed by atoms with Crippen LogP contribution in [0.5, 0.6) is 0 Å². The number of carbonyl (C=O) groups excluding carboxylic acids is 2. The zero-order valence-corrected chi connectivity index (χ0v) is 30.2. The summed E-state index contributed by atoms with van der Waals surface area (Å²) in [6.07, 6.45) is 21.0. The van der Waals surface area contributed by atoms with E-state index >= 15 is 0 Å². The van der Waals surface area contributed by atoms with Crippen LogP contribution in [0.15, 0.2) is 12.2 Å². The molecule has 1 heterocycles. The number of ether oxygens (including phenoxy) is 4. The van der Waals surface area contributed by atoms with Gasteiger partial charge in [0.1, 0.15) is 31.0 Å². The molecule has 1 aliphatic heterocycles. The van der Waals surface area contributed by atoms with E-state index in [0.29, 0.717) is 6.42 Å². The Kier molecular flexibility index (Phi) is 28.0. The third-order valence-corrected chi connectivity index (χ3v) is 8.90. The number of unbranched alkanes of at least 4 members (excludes halogenated alkanes) is 18. The maximum atomic E-state index is 12.7. The molecule has 2 unspecified atom stereocenters. The van der Waals surface area contributed by atoms with Gasteiger partial charge in [-0.15, -0.1) is 0 Å². The lowest BCUT2D eigenvalue weighted by molar-refractivity contribution is -0.305. The summed E-state index contributed by atoms with van der Waals surface area (Å²) in [6.45, 7) is 3.35. The molecule has 0 aromatic carbocycles. The first-order valence-corrected chi connectivity index (χ1v) is 19.3. The van der Waals surface area contributed by atoms with Crippen LogP contribution in [0, 0.1) is 0 Å². The second-order valence-electron chi connectivity index (χ2n) is 13.4. The van der Waals surface area contributed by atoms with Crippen molar-refractivity contribution in [3.63, 3.8) is 0 Å². The van der Waals surface area contributed by atoms with Crippen molar-refractivity contribution in [2.24, 2.45) is 0 Å². The van der Waals surface area contributed by atoms with Gasteiger partial charge in [-0.25, -0.2) is 0 Å². The smallest absolute Gasteiger partial charge is 0.306 e. The molecule has 1 aliphatic rings. The van der Waals surface area contributed by atoms with E-state index < -0.39 is 49.4 Å². The first-order valence-electron chi connectivity index (χ1n) is 19.3. The van der Waals surface area contributed by atoms with Crippen molar-refractivity contribution in [2.45, 2.75) is 198 Å². The number of hydrogen-bond donors (Lipinski definition) is 4. The van der Waals surface area contributed by atoms with Gasteiger partial charge in [-0.3, -0.25) is 9.59 Å². The zero-order valence-electron chi connectivity index (χ0n) is 30.2. The molecule has 4 N–H and O–H groups in total. The third kappa shape index (κ3) is 22.2. The molecule has 0 aromatic rings. The van der Waals surface area contributed by atoms with Crippen LogP contribution in [-0.4, -0.2) is 89.0 Å². The SMILES string of the molecule is CCCCCCCCCCC/C=C/CCCCC(=O)O[C@H](COC(=O)CCCCCCCCCC)CO[C@@H]1O[C@H](CO)[C@H](O)C(O)C1O. The maximum Gasteiger partial charge on any atom is 0.306 e.